The van der Waals surface area contributed by atoms with Gasteiger partial charge in [-0.2, -0.15) is 5.21 Å². The zero-order valence-electron chi connectivity index (χ0n) is 41.0. The number of tetrazole rings is 1. The van der Waals surface area contributed by atoms with Gasteiger partial charge in [0, 0.05) is 71.6 Å². The van der Waals surface area contributed by atoms with E-state index in [9.17, 15) is 52.2 Å². The number of aliphatic carboxylic acids is 2. The van der Waals surface area contributed by atoms with Gasteiger partial charge in [-0.1, -0.05) is 121 Å². The van der Waals surface area contributed by atoms with Crippen LogP contribution in [0.25, 0.3) is 0 Å². The molecule has 68 heavy (non-hydrogen) atoms. The molecule has 6 N–H and O–H groups in total. The minimum Gasteiger partial charge on any atom is -0.481 e. The van der Waals surface area contributed by atoms with Crippen LogP contribution in [0.4, 0.5) is 0 Å². The first-order chi connectivity index (χ1) is 32.7. The number of aromatic nitrogens is 4. The van der Waals surface area contributed by atoms with Crippen LogP contribution in [0.15, 0.2) is 0 Å². The van der Waals surface area contributed by atoms with Gasteiger partial charge in [0.25, 0.3) is 0 Å². The van der Waals surface area contributed by atoms with Crippen molar-refractivity contribution < 1.29 is 56.9 Å². The van der Waals surface area contributed by atoms with Crippen molar-refractivity contribution in [3.05, 3.63) is 5.82 Å². The molecule has 20 heteroatoms. The Morgan fingerprint density at radius 3 is 1.65 bits per heavy atom. The first-order valence-electron chi connectivity index (χ1n) is 25.5. The van der Waals surface area contributed by atoms with Crippen LogP contribution in [0.5, 0.6) is 0 Å². The van der Waals surface area contributed by atoms with Gasteiger partial charge >= 0.3 is 11.9 Å². The Kier molecular flexibility index (Phi) is 36.8. The van der Waals surface area contributed by atoms with Gasteiger partial charge in [0.1, 0.15) is 17.6 Å². The zero-order chi connectivity index (χ0) is 50.1. The zero-order valence-corrected chi connectivity index (χ0v) is 41.9. The van der Waals surface area contributed by atoms with Gasteiger partial charge in [-0.15, -0.1) is 10.2 Å². The van der Waals surface area contributed by atoms with Gasteiger partial charge in [-0.3, -0.25) is 33.5 Å². The van der Waals surface area contributed by atoms with Crippen molar-refractivity contribution >= 4 is 51.2 Å². The topological polar surface area (TPSA) is 294 Å². The molecule has 0 saturated carbocycles. The van der Waals surface area contributed by atoms with Crippen LogP contribution in [-0.4, -0.2) is 113 Å². The largest absolute Gasteiger partial charge is 0.481 e. The van der Waals surface area contributed by atoms with E-state index in [-0.39, 0.29) is 87.4 Å². The second kappa shape index (κ2) is 40.5. The van der Waals surface area contributed by atoms with Gasteiger partial charge in [0.15, 0.2) is 5.82 Å². The Morgan fingerprint density at radius 1 is 0.574 bits per heavy atom. The summed E-state index contributed by atoms with van der Waals surface area (Å²) in [6.07, 6.45) is 24.6. The number of hydrogen-bond donors (Lipinski definition) is 6. The van der Waals surface area contributed by atoms with Crippen molar-refractivity contribution in [3.8, 4) is 0 Å². The summed E-state index contributed by atoms with van der Waals surface area (Å²) >= 11 is 0. The standard InChI is InChI=1S/C48H85N7O12S/c1-67-36-24-27-40(56)32-33-42(48(63)64)50-45(59)34-31-39(47(61)62)38-41(57)26-20-16-12-8-7-11-15-19-23-35-49-44(58)30-25-37-68(65,66)53-46(60)29-22-18-14-10-6-4-2-3-5-9-13-17-21-28-43-51-54-55-52-43/h39,42H,2-38H2,1H3,(H,49,58)(H,50,59)(H,53,60)(H,61,62)(H,63,64)(H,51,52,54,55)/t39-,42+/m1/s1. The predicted octanol–water partition coefficient (Wildman–Crippen LogP) is 7.23. The van der Waals surface area contributed by atoms with Crippen LogP contribution in [0.1, 0.15) is 218 Å². The molecule has 1 heterocycles. The summed E-state index contributed by atoms with van der Waals surface area (Å²) in [5.41, 5.74) is 0. The van der Waals surface area contributed by atoms with E-state index in [0.29, 0.717) is 32.4 Å². The van der Waals surface area contributed by atoms with Crippen LogP contribution >= 0.6 is 0 Å². The molecule has 0 aliphatic rings. The molecule has 1 rings (SSSR count). The van der Waals surface area contributed by atoms with Crippen LogP contribution in [-0.2, 0) is 54.7 Å². The minimum atomic E-state index is -3.78. The number of ether oxygens (including phenoxy) is 1. The minimum absolute atomic E-state index is 0.0143. The van der Waals surface area contributed by atoms with Crippen LogP contribution in [0.2, 0.25) is 0 Å². The van der Waals surface area contributed by atoms with E-state index in [1.165, 1.54) is 58.5 Å². The summed E-state index contributed by atoms with van der Waals surface area (Å²) in [6, 6.07) is -1.27. The second-order valence-electron chi connectivity index (χ2n) is 18.1. The lowest BCUT2D eigenvalue weighted by Crippen LogP contribution is -2.41. The van der Waals surface area contributed by atoms with Crippen LogP contribution < -0.4 is 15.4 Å². The molecule has 3 amide bonds. The molecule has 0 saturated heterocycles. The normalized spacial score (nSPS) is 12.3. The molecule has 0 unspecified atom stereocenters. The summed E-state index contributed by atoms with van der Waals surface area (Å²) in [4.78, 5) is 84.6. The molecule has 0 spiro atoms. The summed E-state index contributed by atoms with van der Waals surface area (Å²) in [5.74, 6) is -4.68. The van der Waals surface area contributed by atoms with Crippen LogP contribution in [0, 0.1) is 5.92 Å². The third kappa shape index (κ3) is 36.7. The van der Waals surface area contributed by atoms with Gasteiger partial charge in [0.05, 0.1) is 11.7 Å². The van der Waals surface area contributed by atoms with E-state index < -0.39 is 45.7 Å². The smallest absolute Gasteiger partial charge is 0.326 e. The summed E-state index contributed by atoms with van der Waals surface area (Å²) in [6.45, 7) is 0.932. The maximum absolute atomic E-state index is 12.5. The fraction of sp³-hybridized carbons (Fsp3) is 0.833. The Labute approximate surface area is 405 Å². The van der Waals surface area contributed by atoms with Gasteiger partial charge in [-0.25, -0.2) is 13.2 Å². The molecule has 0 bridgehead atoms. The highest BCUT2D eigenvalue weighted by atomic mass is 32.2. The lowest BCUT2D eigenvalue weighted by molar-refractivity contribution is -0.145. The van der Waals surface area contributed by atoms with Gasteiger partial charge in [-0.05, 0) is 51.4 Å². The quantitative estimate of drug-likeness (QED) is 0.0351. The Balaban J connectivity index is 1.98. The Bertz CT molecular complexity index is 1660. The van der Waals surface area contributed by atoms with E-state index in [0.717, 1.165) is 89.3 Å². The number of methoxy groups -OCH3 is 1. The molecule has 19 nitrogen and oxygen atoms in total. The number of Topliss-reactive ketones (excluding diaryl/α,β-unsaturated/α-hetero) is 2. The third-order valence-electron chi connectivity index (χ3n) is 11.9. The van der Waals surface area contributed by atoms with E-state index >= 15 is 0 Å². The van der Waals surface area contributed by atoms with E-state index in [2.05, 4.69) is 36.0 Å². The molecule has 0 aliphatic heterocycles. The molecule has 390 valence electrons. The first kappa shape index (κ1) is 61.7. The number of aryl methyl sites for hydroxylation is 1. The molecule has 0 aliphatic carbocycles. The Morgan fingerprint density at radius 2 is 1.10 bits per heavy atom. The van der Waals surface area contributed by atoms with Gasteiger partial charge in [0.2, 0.25) is 27.7 Å². The molecule has 2 atom stereocenters. The Hall–Kier alpha value is -4.33. The average Bonchev–Trinajstić information content (AvgIpc) is 3.81. The highest BCUT2D eigenvalue weighted by molar-refractivity contribution is 7.90. The molecule has 0 radical (unpaired) electrons. The highest BCUT2D eigenvalue weighted by Crippen LogP contribution is 2.18. The van der Waals surface area contributed by atoms with Crippen LogP contribution in [0.3, 0.4) is 0 Å². The molecule has 1 aromatic rings. The number of ketones is 2. The number of nitrogens with one attached hydrogen (secondary N) is 4. The SMILES string of the molecule is COCCCC(=O)CC[C@H](NC(=O)CC[C@H](CC(=O)CCCCCCCCCCCNC(=O)CCCS(=O)(=O)NC(=O)CCCCCCCCCCCCCCCc1nn[nH]n1)C(=O)O)C(=O)O. The predicted molar refractivity (Wildman–Crippen MR) is 258 cm³/mol. The fourth-order valence-corrected chi connectivity index (χ4v) is 8.94. The number of carboxylic acids is 2. The highest BCUT2D eigenvalue weighted by Gasteiger charge is 2.25. The molecule has 0 aromatic carbocycles. The van der Waals surface area contributed by atoms with Crippen molar-refractivity contribution in [2.45, 2.75) is 224 Å². The third-order valence-corrected chi connectivity index (χ3v) is 13.3. The van der Waals surface area contributed by atoms with E-state index in [1.807, 2.05) is 0 Å². The number of carbonyl (C=O) groups excluding carboxylic acids is 5. The number of aromatic amines is 1. The van der Waals surface area contributed by atoms with Crippen molar-refractivity contribution in [1.82, 2.24) is 36.0 Å². The van der Waals surface area contributed by atoms with Crippen molar-refractivity contribution in [2.75, 3.05) is 26.0 Å². The summed E-state index contributed by atoms with van der Waals surface area (Å²) < 4.78 is 31.7. The number of amides is 3. The fourth-order valence-electron chi connectivity index (χ4n) is 7.86. The number of sulfonamides is 1. The lowest BCUT2D eigenvalue weighted by Gasteiger charge is -2.16. The van der Waals surface area contributed by atoms with Crippen molar-refractivity contribution in [1.29, 1.82) is 0 Å². The van der Waals surface area contributed by atoms with Crippen molar-refractivity contribution in [3.63, 3.8) is 0 Å². The number of H-pyrrole nitrogens is 1. The van der Waals surface area contributed by atoms with E-state index in [1.54, 1.807) is 0 Å². The lowest BCUT2D eigenvalue weighted by atomic mass is 9.94. The van der Waals surface area contributed by atoms with E-state index in [4.69, 9.17) is 4.74 Å². The maximum atomic E-state index is 12.5. The van der Waals surface area contributed by atoms with Gasteiger partial charge < -0.3 is 25.6 Å². The average molecular weight is 984 g/mol. The number of hydrogen-bond acceptors (Lipinski definition) is 13. The second-order valence-corrected chi connectivity index (χ2v) is 19.9. The maximum Gasteiger partial charge on any atom is 0.326 e. The monoisotopic (exact) mass is 984 g/mol. The molecule has 0 fully saturated rings. The molecular formula is C48H85N7O12S. The number of nitrogens with zero attached hydrogens (tertiary/aromatic N) is 3. The first-order valence-corrected chi connectivity index (χ1v) is 27.2. The van der Waals surface area contributed by atoms with Crippen molar-refractivity contribution in [2.24, 2.45) is 5.92 Å². The molecular weight excluding hydrogens is 899 g/mol. The summed E-state index contributed by atoms with van der Waals surface area (Å²) in [7, 11) is -2.26. The number of rotatable bonds is 48. The molecule has 1 aromatic heterocycles. The summed E-state index contributed by atoms with van der Waals surface area (Å²) in [5, 5.41) is 38.2. The number of carbonyl (C=O) groups is 7. The number of unbranched alkanes of at least 4 members (excludes halogenated alkanes) is 20. The number of carboxylic acid groups (broad SMARTS) is 2.